The second-order valence-electron chi connectivity index (χ2n) is 6.72. The van der Waals surface area contributed by atoms with Gasteiger partial charge in [0, 0.05) is 23.4 Å². The molecule has 1 aliphatic rings. The molecule has 0 amide bonds. The van der Waals surface area contributed by atoms with Gasteiger partial charge in [-0.15, -0.1) is 26.6 Å². The summed E-state index contributed by atoms with van der Waals surface area (Å²) in [5.41, 5.74) is 2.73. The molecule has 0 saturated carbocycles. The van der Waals surface area contributed by atoms with Crippen molar-refractivity contribution in [2.75, 3.05) is 11.9 Å². The fourth-order valence-electron chi connectivity index (χ4n) is 3.27. The molecule has 0 fully saturated rings. The maximum atomic E-state index is 13.1. The molecule has 0 aromatic carbocycles. The number of nitrogens with one attached hydrogen (secondary N) is 1. The fourth-order valence-corrected chi connectivity index (χ4v) is 4.43. The maximum absolute atomic E-state index is 13.1. The van der Waals surface area contributed by atoms with Gasteiger partial charge in [-0.2, -0.15) is 17.7 Å². The lowest BCUT2D eigenvalue weighted by atomic mass is 10.0. The number of fused-ring (bicyclic) bond motifs is 2. The molecule has 0 atom stereocenters. The molecular formula is C17H19F3N6S. The third-order valence-electron chi connectivity index (χ3n) is 4.87. The van der Waals surface area contributed by atoms with Gasteiger partial charge in [0.15, 0.2) is 5.65 Å². The van der Waals surface area contributed by atoms with Crippen molar-refractivity contribution in [3.63, 3.8) is 0 Å². The van der Waals surface area contributed by atoms with Gasteiger partial charge in [0.05, 0.1) is 10.7 Å². The summed E-state index contributed by atoms with van der Waals surface area (Å²) < 4.78 is 40.1. The van der Waals surface area contributed by atoms with E-state index < -0.39 is 12.0 Å². The summed E-state index contributed by atoms with van der Waals surface area (Å²) in [7, 11) is 0. The standard InChI is InChI=1S/C17H19F3N6S/c1-9-10(2)15-23-24-16(17(18,19)20)26(15)25-14(9)21-8-7-13-22-11-5-3-4-6-12(11)27-13/h3-8H2,1-2H3,(H,21,25). The number of rotatable bonds is 4. The lowest BCUT2D eigenvalue weighted by Gasteiger charge is -2.12. The summed E-state index contributed by atoms with van der Waals surface area (Å²) in [6, 6.07) is 0. The quantitative estimate of drug-likeness (QED) is 0.728. The lowest BCUT2D eigenvalue weighted by molar-refractivity contribution is -0.146. The number of halogens is 3. The second kappa shape index (κ2) is 6.74. The molecule has 0 spiro atoms. The van der Waals surface area contributed by atoms with Crippen molar-refractivity contribution in [2.45, 2.75) is 52.1 Å². The minimum Gasteiger partial charge on any atom is -0.368 e. The van der Waals surface area contributed by atoms with E-state index in [1.54, 1.807) is 18.3 Å². The normalized spacial score (nSPS) is 14.6. The highest BCUT2D eigenvalue weighted by molar-refractivity contribution is 7.11. The van der Waals surface area contributed by atoms with Gasteiger partial charge in [-0.05, 0) is 45.1 Å². The first-order chi connectivity index (χ1) is 12.8. The Morgan fingerprint density at radius 1 is 1.11 bits per heavy atom. The van der Waals surface area contributed by atoms with E-state index in [-0.39, 0.29) is 5.65 Å². The Morgan fingerprint density at radius 3 is 2.63 bits per heavy atom. The van der Waals surface area contributed by atoms with Crippen molar-refractivity contribution in [1.29, 1.82) is 0 Å². The monoisotopic (exact) mass is 396 g/mol. The molecule has 0 bridgehead atoms. The molecule has 1 N–H and O–H groups in total. The van der Waals surface area contributed by atoms with Gasteiger partial charge in [-0.25, -0.2) is 4.98 Å². The molecule has 27 heavy (non-hydrogen) atoms. The van der Waals surface area contributed by atoms with E-state index in [0.717, 1.165) is 27.9 Å². The van der Waals surface area contributed by atoms with Crippen LogP contribution < -0.4 is 5.32 Å². The Morgan fingerprint density at radius 2 is 1.89 bits per heavy atom. The van der Waals surface area contributed by atoms with E-state index in [2.05, 4.69) is 20.6 Å². The molecule has 1 aliphatic carbocycles. The number of alkyl halides is 3. The number of nitrogens with zero attached hydrogens (tertiary/aromatic N) is 5. The number of aryl methyl sites for hydroxylation is 3. The van der Waals surface area contributed by atoms with Crippen molar-refractivity contribution in [3.05, 3.63) is 32.5 Å². The van der Waals surface area contributed by atoms with Crippen LogP contribution >= 0.6 is 11.3 Å². The van der Waals surface area contributed by atoms with E-state index >= 15 is 0 Å². The van der Waals surface area contributed by atoms with Crippen LogP contribution in [0.1, 0.15) is 45.4 Å². The molecule has 6 nitrogen and oxygen atoms in total. The third-order valence-corrected chi connectivity index (χ3v) is 6.09. The van der Waals surface area contributed by atoms with E-state index in [1.807, 2.05) is 6.92 Å². The van der Waals surface area contributed by atoms with Crippen LogP contribution in [0.2, 0.25) is 0 Å². The van der Waals surface area contributed by atoms with Gasteiger partial charge in [-0.1, -0.05) is 0 Å². The van der Waals surface area contributed by atoms with Crippen LogP contribution in [0.3, 0.4) is 0 Å². The SMILES string of the molecule is Cc1c(NCCc2nc3c(s2)CCCC3)nn2c(C(F)(F)F)nnc2c1C. The average molecular weight is 396 g/mol. The molecule has 0 radical (unpaired) electrons. The Hall–Kier alpha value is -2.23. The van der Waals surface area contributed by atoms with Crippen molar-refractivity contribution in [3.8, 4) is 0 Å². The van der Waals surface area contributed by atoms with Crippen LogP contribution in [0.15, 0.2) is 0 Å². The fraction of sp³-hybridized carbons (Fsp3) is 0.529. The van der Waals surface area contributed by atoms with E-state index in [1.165, 1.54) is 23.4 Å². The summed E-state index contributed by atoms with van der Waals surface area (Å²) in [5, 5.41) is 15.2. The smallest absolute Gasteiger partial charge is 0.368 e. The predicted molar refractivity (Wildman–Crippen MR) is 96.2 cm³/mol. The summed E-state index contributed by atoms with van der Waals surface area (Å²) in [5.74, 6) is -0.706. The second-order valence-corrected chi connectivity index (χ2v) is 7.88. The van der Waals surface area contributed by atoms with Crippen LogP contribution in [-0.2, 0) is 25.4 Å². The van der Waals surface area contributed by atoms with Crippen molar-refractivity contribution in [1.82, 2.24) is 24.8 Å². The predicted octanol–water partition coefficient (Wildman–Crippen LogP) is 3.75. The summed E-state index contributed by atoms with van der Waals surface area (Å²) in [6.07, 6.45) is 0.664. The van der Waals surface area contributed by atoms with Crippen molar-refractivity contribution >= 4 is 22.8 Å². The molecule has 3 heterocycles. The van der Waals surface area contributed by atoms with Gasteiger partial charge in [0.2, 0.25) is 0 Å². The van der Waals surface area contributed by atoms with E-state index in [4.69, 9.17) is 4.98 Å². The molecule has 144 valence electrons. The highest BCUT2D eigenvalue weighted by Gasteiger charge is 2.38. The third kappa shape index (κ3) is 3.38. The Bertz CT molecular complexity index is 967. The number of hydrogen-bond acceptors (Lipinski definition) is 6. The minimum atomic E-state index is -4.61. The Labute approximate surface area is 157 Å². The molecule has 0 aliphatic heterocycles. The summed E-state index contributed by atoms with van der Waals surface area (Å²) in [6.45, 7) is 4.09. The Kier molecular flexibility index (Phi) is 4.53. The topological polar surface area (TPSA) is 68.0 Å². The van der Waals surface area contributed by atoms with Crippen LogP contribution in [0.4, 0.5) is 19.0 Å². The van der Waals surface area contributed by atoms with Crippen molar-refractivity contribution in [2.24, 2.45) is 0 Å². The molecular weight excluding hydrogens is 377 g/mol. The molecule has 4 rings (SSSR count). The largest absolute Gasteiger partial charge is 0.453 e. The van der Waals surface area contributed by atoms with Crippen LogP contribution in [0, 0.1) is 13.8 Å². The minimum absolute atomic E-state index is 0.123. The van der Waals surface area contributed by atoms with Crippen LogP contribution in [-0.4, -0.2) is 31.3 Å². The lowest BCUT2D eigenvalue weighted by Crippen LogP contribution is -2.16. The average Bonchev–Trinajstić information content (AvgIpc) is 3.22. The van der Waals surface area contributed by atoms with E-state index in [9.17, 15) is 13.2 Å². The summed E-state index contributed by atoms with van der Waals surface area (Å²) >= 11 is 1.74. The summed E-state index contributed by atoms with van der Waals surface area (Å²) in [4.78, 5) is 6.07. The van der Waals surface area contributed by atoms with Gasteiger partial charge >= 0.3 is 6.18 Å². The molecule has 0 saturated heterocycles. The highest BCUT2D eigenvalue weighted by Crippen LogP contribution is 2.30. The Balaban J connectivity index is 1.54. The van der Waals surface area contributed by atoms with Crippen LogP contribution in [0.5, 0.6) is 0 Å². The molecule has 3 aromatic heterocycles. The number of thiazole rings is 1. The van der Waals surface area contributed by atoms with Gasteiger partial charge in [0.25, 0.3) is 5.82 Å². The molecule has 10 heteroatoms. The number of aromatic nitrogens is 5. The first-order valence-electron chi connectivity index (χ1n) is 8.85. The zero-order valence-corrected chi connectivity index (χ0v) is 15.8. The zero-order valence-electron chi connectivity index (χ0n) is 15.0. The first-order valence-corrected chi connectivity index (χ1v) is 9.67. The number of hydrogen-bond donors (Lipinski definition) is 1. The molecule has 3 aromatic rings. The number of anilines is 1. The zero-order chi connectivity index (χ0) is 19.2. The highest BCUT2D eigenvalue weighted by atomic mass is 32.1. The molecule has 0 unspecified atom stereocenters. The van der Waals surface area contributed by atoms with Gasteiger partial charge in [0.1, 0.15) is 5.82 Å². The van der Waals surface area contributed by atoms with E-state index in [0.29, 0.717) is 24.3 Å². The first kappa shape index (κ1) is 18.1. The van der Waals surface area contributed by atoms with Crippen molar-refractivity contribution < 1.29 is 13.2 Å². The van der Waals surface area contributed by atoms with Gasteiger partial charge in [-0.3, -0.25) is 0 Å². The van der Waals surface area contributed by atoms with Crippen LogP contribution in [0.25, 0.3) is 5.65 Å². The maximum Gasteiger partial charge on any atom is 0.453 e. The van der Waals surface area contributed by atoms with Gasteiger partial charge < -0.3 is 5.32 Å².